The topological polar surface area (TPSA) is 46.1 Å². The van der Waals surface area contributed by atoms with Gasteiger partial charge in [0.2, 0.25) is 0 Å². The molecule has 0 aromatic rings. The summed E-state index contributed by atoms with van der Waals surface area (Å²) in [7, 11) is 0. The van der Waals surface area contributed by atoms with E-state index in [0.29, 0.717) is 5.75 Å². The largest absolute Gasteiger partial charge is 2.00 e. The van der Waals surface area contributed by atoms with Crippen LogP contribution in [0.25, 0.3) is 0 Å². The minimum Gasteiger partial charge on any atom is -0.825 e. The Labute approximate surface area is 96.5 Å². The third kappa shape index (κ3) is 30.4. The Morgan fingerprint density at radius 2 is 2.00 bits per heavy atom. The van der Waals surface area contributed by atoms with Crippen molar-refractivity contribution in [3.05, 3.63) is 19.6 Å². The molecule has 68 valence electrons. The quantitative estimate of drug-likeness (QED) is 0.440. The molecule has 0 radical (unpaired) electrons. The molecule has 0 bridgehead atoms. The molecule has 0 spiro atoms. The van der Waals surface area contributed by atoms with Gasteiger partial charge in [-0.2, -0.15) is 17.1 Å². The second kappa shape index (κ2) is 12.2. The van der Waals surface area contributed by atoms with E-state index >= 15 is 0 Å². The summed E-state index contributed by atoms with van der Waals surface area (Å²) in [5.41, 5.74) is -3.43. The summed E-state index contributed by atoms with van der Waals surface area (Å²) in [5.74, 6) is 0.615. The molecular formula is C6H12O2PS2Zn-. The van der Waals surface area contributed by atoms with Crippen molar-refractivity contribution in [1.82, 2.24) is 0 Å². The second-order valence-electron chi connectivity index (χ2n) is 1.57. The average molecular weight is 277 g/mol. The zero-order valence-electron chi connectivity index (χ0n) is 7.19. The van der Waals surface area contributed by atoms with Gasteiger partial charge in [-0.3, -0.25) is 0 Å². The first kappa shape index (κ1) is 18.8. The molecule has 6 heteroatoms. The second-order valence-corrected chi connectivity index (χ2v) is 7.48. The molecule has 2 nitrogen and oxygen atoms in total. The number of hydrogen-bond acceptors (Lipinski definition) is 4. The van der Waals surface area contributed by atoms with E-state index in [1.54, 1.807) is 0 Å². The van der Waals surface area contributed by atoms with Crippen LogP contribution in [0.2, 0.25) is 0 Å². The monoisotopic (exact) mass is 275 g/mol. The first-order valence-corrected chi connectivity index (χ1v) is 7.27. The fourth-order valence-corrected chi connectivity index (χ4v) is 2.50. The van der Waals surface area contributed by atoms with Crippen molar-refractivity contribution in [3.63, 3.8) is 0 Å². The van der Waals surface area contributed by atoms with Gasteiger partial charge < -0.3 is 9.79 Å². The van der Waals surface area contributed by atoms with Crippen LogP contribution in [0.3, 0.4) is 0 Å². The van der Waals surface area contributed by atoms with Gasteiger partial charge in [0.15, 0.2) is 0 Å². The van der Waals surface area contributed by atoms with E-state index in [-0.39, 0.29) is 19.5 Å². The smallest absolute Gasteiger partial charge is 0.825 e. The molecule has 0 fully saturated rings. The van der Waals surface area contributed by atoms with Gasteiger partial charge in [0.1, 0.15) is 0 Å². The van der Waals surface area contributed by atoms with Crippen LogP contribution in [0, 0.1) is 6.92 Å². The Hall–Kier alpha value is 1.15. The van der Waals surface area contributed by atoms with E-state index in [9.17, 15) is 9.79 Å². The van der Waals surface area contributed by atoms with E-state index in [1.165, 1.54) is 6.08 Å². The number of hydrogen-bond donors (Lipinski definition) is 0. The van der Waals surface area contributed by atoms with Crippen molar-refractivity contribution in [1.29, 1.82) is 0 Å². The molecule has 0 aliphatic carbocycles. The van der Waals surface area contributed by atoms with E-state index in [0.717, 1.165) is 17.8 Å². The number of allylic oxidation sites excluding steroid dienone is 1. The first-order chi connectivity index (χ1) is 4.97. The molecule has 0 saturated heterocycles. The van der Waals surface area contributed by atoms with Gasteiger partial charge in [0, 0.05) is 0 Å². The molecule has 0 amide bonds. The Kier molecular flexibility index (Phi) is 19.1. The van der Waals surface area contributed by atoms with Crippen molar-refractivity contribution in [2.75, 3.05) is 5.75 Å². The predicted octanol–water partition coefficient (Wildman–Crippen LogP) is 1.08. The van der Waals surface area contributed by atoms with Crippen LogP contribution in [0.5, 0.6) is 0 Å². The summed E-state index contributed by atoms with van der Waals surface area (Å²) in [6.45, 7) is 8.41. The SMILES string of the molecule is C=C[CH2-].CCCSP([O-])([O-])=S.[Zn+2]. The summed E-state index contributed by atoms with van der Waals surface area (Å²) >= 11 is 4.96. The van der Waals surface area contributed by atoms with Gasteiger partial charge in [-0.05, 0) is 12.2 Å². The Bertz CT molecular complexity index is 138. The average Bonchev–Trinajstić information content (AvgIpc) is 1.84. The van der Waals surface area contributed by atoms with Crippen LogP contribution < -0.4 is 9.79 Å². The van der Waals surface area contributed by atoms with Crippen molar-refractivity contribution < 1.29 is 29.3 Å². The summed E-state index contributed by atoms with van der Waals surface area (Å²) in [6, 6.07) is 0. The van der Waals surface area contributed by atoms with Crippen molar-refractivity contribution in [3.8, 4) is 0 Å². The number of rotatable bonds is 3. The van der Waals surface area contributed by atoms with Crippen molar-refractivity contribution in [2.24, 2.45) is 0 Å². The van der Waals surface area contributed by atoms with E-state index < -0.39 is 5.69 Å². The molecule has 0 aliphatic rings. The van der Waals surface area contributed by atoms with Gasteiger partial charge >= 0.3 is 19.5 Å². The van der Waals surface area contributed by atoms with Gasteiger partial charge in [-0.1, -0.05) is 6.92 Å². The third-order valence-corrected chi connectivity index (χ3v) is 3.81. The minimum absolute atomic E-state index is 0. The van der Waals surface area contributed by atoms with Crippen LogP contribution in [0.1, 0.15) is 13.3 Å². The molecule has 0 rings (SSSR count). The fourth-order valence-electron chi connectivity index (χ4n) is 0.203. The Morgan fingerprint density at radius 3 is 2.08 bits per heavy atom. The minimum atomic E-state index is -3.43. The van der Waals surface area contributed by atoms with E-state index in [1.807, 2.05) is 6.92 Å². The molecule has 0 unspecified atom stereocenters. The fraction of sp³-hybridized carbons (Fsp3) is 0.500. The third-order valence-electron chi connectivity index (χ3n) is 0.454. The maximum Gasteiger partial charge on any atom is 2.00 e. The van der Waals surface area contributed by atoms with Gasteiger partial charge in [0.25, 0.3) is 0 Å². The van der Waals surface area contributed by atoms with Crippen LogP contribution in [-0.4, -0.2) is 5.75 Å². The predicted molar refractivity (Wildman–Crippen MR) is 52.6 cm³/mol. The van der Waals surface area contributed by atoms with Crippen molar-refractivity contribution in [2.45, 2.75) is 13.3 Å². The Morgan fingerprint density at radius 1 is 1.67 bits per heavy atom. The molecule has 0 aliphatic heterocycles. The van der Waals surface area contributed by atoms with Crippen LogP contribution in [-0.2, 0) is 31.3 Å². The summed E-state index contributed by atoms with van der Waals surface area (Å²) < 4.78 is 0. The summed E-state index contributed by atoms with van der Waals surface area (Å²) in [6.07, 6.45) is 2.35. The zero-order chi connectivity index (χ0) is 9.33. The molecule has 0 aromatic heterocycles. The van der Waals surface area contributed by atoms with E-state index in [4.69, 9.17) is 0 Å². The molecule has 0 heterocycles. The molecule has 12 heavy (non-hydrogen) atoms. The maximum atomic E-state index is 10.2. The maximum absolute atomic E-state index is 10.2. The zero-order valence-corrected chi connectivity index (χ0v) is 12.7. The van der Waals surface area contributed by atoms with Gasteiger partial charge in [-0.25, -0.2) is 19.6 Å². The van der Waals surface area contributed by atoms with Gasteiger partial charge in [0.05, 0.1) is 0 Å². The molecule has 0 atom stereocenters. The van der Waals surface area contributed by atoms with Crippen molar-refractivity contribution >= 4 is 28.9 Å². The summed E-state index contributed by atoms with van der Waals surface area (Å²) in [5, 5.41) is 0. The van der Waals surface area contributed by atoms with Gasteiger partial charge in [-0.15, -0.1) is 11.8 Å². The van der Waals surface area contributed by atoms with Crippen LogP contribution in [0.4, 0.5) is 0 Å². The standard InChI is InChI=1S/C3H9O2PS2.C3H5.Zn/c1-2-3-8-6(4,5)7;1-3-2;/h2-3H2,1H3,(H2,4,5,7);3H,1-2H2;/q;-1;+2/p-2. The molecule has 0 aromatic carbocycles. The first-order valence-electron chi connectivity index (χ1n) is 3.04. The molecule has 0 N–H and O–H groups in total. The molecule has 0 saturated carbocycles. The van der Waals surface area contributed by atoms with Crippen LogP contribution >= 0.6 is 17.1 Å². The van der Waals surface area contributed by atoms with E-state index in [2.05, 4.69) is 25.3 Å². The van der Waals surface area contributed by atoms with Crippen LogP contribution in [0.15, 0.2) is 12.7 Å². The molecular weight excluding hydrogens is 265 g/mol. The normalized spacial score (nSPS) is 8.92. The Balaban J connectivity index is -0.000000177. The summed E-state index contributed by atoms with van der Waals surface area (Å²) in [4.78, 5) is 20.4.